The first kappa shape index (κ1) is 20.0. The summed E-state index contributed by atoms with van der Waals surface area (Å²) in [6.07, 6.45) is 0. The minimum atomic E-state index is -1.54. The molecule has 1 spiro atoms. The van der Waals surface area contributed by atoms with Crippen molar-refractivity contribution < 1.29 is 19.0 Å². The number of aromatic amines is 1. The molecule has 10 heteroatoms. The van der Waals surface area contributed by atoms with Gasteiger partial charge in [-0.3, -0.25) is 9.89 Å². The van der Waals surface area contributed by atoms with Gasteiger partial charge in [-0.2, -0.15) is 5.26 Å². The lowest BCUT2D eigenvalue weighted by atomic mass is 9.68. The van der Waals surface area contributed by atoms with E-state index in [-0.39, 0.29) is 17.3 Å². The SMILES string of the molecule is COc1ccc(-c2[nH]nc3c2[C@]2(C(=O)Nc4ccc(Br)cc42)C(C#N)=C(N)O3)cc1OC. The van der Waals surface area contributed by atoms with Gasteiger partial charge in [0.25, 0.3) is 0 Å². The van der Waals surface area contributed by atoms with Crippen LogP contribution in [0.4, 0.5) is 5.69 Å². The monoisotopic (exact) mass is 493 g/mol. The summed E-state index contributed by atoms with van der Waals surface area (Å²) in [7, 11) is 3.08. The number of nitrogens with two attached hydrogens (primary N) is 1. The summed E-state index contributed by atoms with van der Waals surface area (Å²) < 4.78 is 17.2. The summed E-state index contributed by atoms with van der Waals surface area (Å²) in [6.45, 7) is 0. The lowest BCUT2D eigenvalue weighted by Crippen LogP contribution is -2.42. The zero-order valence-electron chi connectivity index (χ0n) is 16.9. The van der Waals surface area contributed by atoms with Crippen LogP contribution < -0.4 is 25.3 Å². The molecule has 4 N–H and O–H groups in total. The highest BCUT2D eigenvalue weighted by molar-refractivity contribution is 9.10. The van der Waals surface area contributed by atoms with Crippen molar-refractivity contribution >= 4 is 27.5 Å². The number of nitriles is 1. The average molecular weight is 494 g/mol. The van der Waals surface area contributed by atoms with Crippen molar-refractivity contribution in [2.45, 2.75) is 5.41 Å². The summed E-state index contributed by atoms with van der Waals surface area (Å²) in [5.74, 6) is 0.569. The number of hydrogen-bond donors (Lipinski definition) is 3. The van der Waals surface area contributed by atoms with Crippen LogP contribution in [-0.2, 0) is 10.2 Å². The highest BCUT2D eigenvalue weighted by Crippen LogP contribution is 2.55. The molecule has 5 rings (SSSR count). The van der Waals surface area contributed by atoms with Crippen LogP contribution in [0.1, 0.15) is 11.1 Å². The van der Waals surface area contributed by atoms with Crippen molar-refractivity contribution in [3.63, 3.8) is 0 Å². The Hall–Kier alpha value is -3.97. The molecule has 1 atom stereocenters. The zero-order chi connectivity index (χ0) is 22.6. The van der Waals surface area contributed by atoms with E-state index in [2.05, 4.69) is 37.5 Å². The molecular weight excluding hydrogens is 478 g/mol. The molecule has 2 aliphatic heterocycles. The Balaban J connectivity index is 1.85. The van der Waals surface area contributed by atoms with Gasteiger partial charge in [0.2, 0.25) is 17.7 Å². The number of H-pyrrole nitrogens is 1. The van der Waals surface area contributed by atoms with Crippen molar-refractivity contribution in [3.05, 3.63) is 63.5 Å². The molecule has 0 saturated carbocycles. The number of halogens is 1. The second-order valence-corrected chi connectivity index (χ2v) is 8.11. The molecule has 32 heavy (non-hydrogen) atoms. The molecule has 9 nitrogen and oxygen atoms in total. The number of fused-ring (bicyclic) bond motifs is 4. The second-order valence-electron chi connectivity index (χ2n) is 7.20. The van der Waals surface area contributed by atoms with Gasteiger partial charge in [0.1, 0.15) is 17.1 Å². The average Bonchev–Trinajstić information content (AvgIpc) is 3.33. The Morgan fingerprint density at radius 3 is 2.69 bits per heavy atom. The minimum Gasteiger partial charge on any atom is -0.493 e. The predicted octanol–water partition coefficient (Wildman–Crippen LogP) is 3.18. The number of rotatable bonds is 3. The summed E-state index contributed by atoms with van der Waals surface area (Å²) in [6, 6.07) is 12.8. The molecule has 0 aliphatic carbocycles. The largest absolute Gasteiger partial charge is 0.493 e. The smallest absolute Gasteiger partial charge is 0.245 e. The number of carbonyl (C=O) groups is 1. The minimum absolute atomic E-state index is 0.0116. The van der Waals surface area contributed by atoms with Crippen LogP contribution in [0, 0.1) is 11.3 Å². The highest BCUT2D eigenvalue weighted by Gasteiger charge is 2.58. The molecule has 3 heterocycles. The van der Waals surface area contributed by atoms with Crippen LogP contribution in [0.15, 0.2) is 52.3 Å². The van der Waals surface area contributed by atoms with E-state index < -0.39 is 11.3 Å². The van der Waals surface area contributed by atoms with Crippen LogP contribution in [0.3, 0.4) is 0 Å². The van der Waals surface area contributed by atoms with Crippen LogP contribution in [0.5, 0.6) is 17.4 Å². The molecular formula is C22H16BrN5O4. The Morgan fingerprint density at radius 1 is 1.19 bits per heavy atom. The van der Waals surface area contributed by atoms with E-state index in [1.54, 1.807) is 37.4 Å². The maximum atomic E-state index is 13.6. The molecule has 0 saturated heterocycles. The maximum Gasteiger partial charge on any atom is 0.245 e. The topological polar surface area (TPSA) is 135 Å². The number of nitrogens with zero attached hydrogens (tertiary/aromatic N) is 2. The fourth-order valence-electron chi connectivity index (χ4n) is 4.32. The molecule has 1 aromatic heterocycles. The van der Waals surface area contributed by atoms with Gasteiger partial charge < -0.3 is 25.3 Å². The lowest BCUT2D eigenvalue weighted by Gasteiger charge is -2.32. The van der Waals surface area contributed by atoms with E-state index in [4.69, 9.17) is 19.9 Å². The van der Waals surface area contributed by atoms with Gasteiger partial charge in [-0.1, -0.05) is 15.9 Å². The van der Waals surface area contributed by atoms with Crippen LogP contribution in [0.25, 0.3) is 11.3 Å². The number of carbonyl (C=O) groups excluding carboxylic acids is 1. The fraction of sp³-hybridized carbons (Fsp3) is 0.136. The number of nitrogens with one attached hydrogen (secondary N) is 2. The van der Waals surface area contributed by atoms with E-state index in [1.165, 1.54) is 7.11 Å². The molecule has 0 unspecified atom stereocenters. The molecule has 3 aromatic rings. The number of anilines is 1. The van der Waals surface area contributed by atoms with E-state index >= 15 is 0 Å². The molecule has 0 bridgehead atoms. The van der Waals surface area contributed by atoms with Gasteiger partial charge in [-0.05, 0) is 36.4 Å². The lowest BCUT2D eigenvalue weighted by molar-refractivity contribution is -0.118. The van der Waals surface area contributed by atoms with Gasteiger partial charge in [-0.25, -0.2) is 0 Å². The number of hydrogen-bond acceptors (Lipinski definition) is 7. The van der Waals surface area contributed by atoms with Gasteiger partial charge in [0.05, 0.1) is 25.5 Å². The van der Waals surface area contributed by atoms with Crippen molar-refractivity contribution in [2.24, 2.45) is 5.73 Å². The summed E-state index contributed by atoms with van der Waals surface area (Å²) >= 11 is 3.47. The van der Waals surface area contributed by atoms with Gasteiger partial charge >= 0.3 is 0 Å². The predicted molar refractivity (Wildman–Crippen MR) is 118 cm³/mol. The van der Waals surface area contributed by atoms with Crippen molar-refractivity contribution in [1.82, 2.24) is 10.2 Å². The molecule has 2 aliphatic rings. The highest BCUT2D eigenvalue weighted by atomic mass is 79.9. The molecule has 2 aromatic carbocycles. The summed E-state index contributed by atoms with van der Waals surface area (Å²) in [4.78, 5) is 13.6. The summed E-state index contributed by atoms with van der Waals surface area (Å²) in [5.41, 5.74) is 7.24. The van der Waals surface area contributed by atoms with Crippen LogP contribution in [-0.4, -0.2) is 30.3 Å². The maximum absolute atomic E-state index is 13.6. The standard InChI is InChI=1S/C22H16BrN5O4/c1-30-15-6-3-10(7-16(15)31-2)18-17-20(28-27-18)32-19(25)13(9-24)22(17)12-8-11(23)4-5-14(12)26-21(22)29/h3-8H,25H2,1-2H3,(H,26,29)(H,27,28)/t22-/m1/s1. The zero-order valence-corrected chi connectivity index (χ0v) is 18.5. The molecule has 0 radical (unpaired) electrons. The normalized spacial score (nSPS) is 18.5. The van der Waals surface area contributed by atoms with Crippen molar-refractivity contribution in [1.29, 1.82) is 5.26 Å². The first-order valence-corrected chi connectivity index (χ1v) is 10.3. The van der Waals surface area contributed by atoms with Gasteiger partial charge in [0.15, 0.2) is 11.5 Å². The third kappa shape index (κ3) is 2.48. The van der Waals surface area contributed by atoms with E-state index in [0.29, 0.717) is 39.6 Å². The number of aromatic nitrogens is 2. The quantitative estimate of drug-likeness (QED) is 0.509. The summed E-state index contributed by atoms with van der Waals surface area (Å²) in [5, 5.41) is 20.1. The Labute approximate surface area is 190 Å². The Morgan fingerprint density at radius 2 is 1.97 bits per heavy atom. The third-order valence-corrected chi connectivity index (χ3v) is 6.19. The first-order valence-electron chi connectivity index (χ1n) is 9.46. The Kier molecular flexibility index (Phi) is 4.39. The van der Waals surface area contributed by atoms with Gasteiger partial charge in [-0.15, -0.1) is 5.10 Å². The second kappa shape index (κ2) is 7.03. The van der Waals surface area contributed by atoms with Gasteiger partial charge in [0, 0.05) is 21.3 Å². The Bertz CT molecular complexity index is 1370. The number of ether oxygens (including phenoxy) is 3. The van der Waals surface area contributed by atoms with E-state index in [9.17, 15) is 10.1 Å². The molecule has 0 fully saturated rings. The third-order valence-electron chi connectivity index (χ3n) is 5.69. The fourth-order valence-corrected chi connectivity index (χ4v) is 4.68. The molecule has 160 valence electrons. The van der Waals surface area contributed by atoms with E-state index in [0.717, 1.165) is 4.47 Å². The van der Waals surface area contributed by atoms with Crippen molar-refractivity contribution in [3.8, 4) is 34.7 Å². The first-order chi connectivity index (χ1) is 15.4. The number of methoxy groups -OCH3 is 2. The van der Waals surface area contributed by atoms with E-state index in [1.807, 2.05) is 6.07 Å². The van der Waals surface area contributed by atoms with Crippen LogP contribution >= 0.6 is 15.9 Å². The van der Waals surface area contributed by atoms with Crippen molar-refractivity contribution in [2.75, 3.05) is 19.5 Å². The number of benzene rings is 2. The van der Waals surface area contributed by atoms with Crippen LogP contribution in [0.2, 0.25) is 0 Å². The molecule has 1 amide bonds. The number of amides is 1.